The molecule has 30 heavy (non-hydrogen) atoms. The summed E-state index contributed by atoms with van der Waals surface area (Å²) >= 11 is 19.0. The molecule has 0 saturated carbocycles. The molecule has 0 fully saturated rings. The lowest BCUT2D eigenvalue weighted by molar-refractivity contribution is 0.469. The second kappa shape index (κ2) is 8.81. The summed E-state index contributed by atoms with van der Waals surface area (Å²) in [4.78, 5) is 8.95. The van der Waals surface area contributed by atoms with E-state index in [1.165, 1.54) is 0 Å². The van der Waals surface area contributed by atoms with Crippen LogP contribution in [-0.4, -0.2) is 15.1 Å². The Balaban J connectivity index is 1.91. The van der Waals surface area contributed by atoms with Crippen LogP contribution >= 0.6 is 34.8 Å². The first kappa shape index (κ1) is 20.9. The average molecular weight is 458 g/mol. The van der Waals surface area contributed by atoms with Gasteiger partial charge in [0.2, 0.25) is 0 Å². The van der Waals surface area contributed by atoms with Gasteiger partial charge in [-0.25, -0.2) is 0 Å². The number of nitrogens with zero attached hydrogens (tertiary/aromatic N) is 2. The SMILES string of the molecule is CCc1cc(Cl)cnc1CC(c1cc(Cl)ccc1Cl)c1ccc2cccnc2c1O. The predicted octanol–water partition coefficient (Wildman–Crippen LogP) is 7.23. The van der Waals surface area contributed by atoms with Crippen LogP contribution < -0.4 is 0 Å². The number of phenolic OH excluding ortho intramolecular Hbond substituents is 1. The fourth-order valence-electron chi connectivity index (χ4n) is 3.79. The molecule has 3 nitrogen and oxygen atoms in total. The van der Waals surface area contributed by atoms with Crippen molar-refractivity contribution >= 4 is 45.7 Å². The van der Waals surface area contributed by atoms with Gasteiger partial charge < -0.3 is 5.11 Å². The van der Waals surface area contributed by atoms with Crippen molar-refractivity contribution in [2.75, 3.05) is 0 Å². The maximum atomic E-state index is 11.1. The highest BCUT2D eigenvalue weighted by molar-refractivity contribution is 6.33. The van der Waals surface area contributed by atoms with Crippen molar-refractivity contribution in [3.63, 3.8) is 0 Å². The summed E-state index contributed by atoms with van der Waals surface area (Å²) < 4.78 is 0. The molecule has 1 unspecified atom stereocenters. The molecule has 0 saturated heterocycles. The molecule has 6 heteroatoms. The van der Waals surface area contributed by atoms with Gasteiger partial charge in [-0.05, 0) is 47.9 Å². The number of benzene rings is 2. The standard InChI is InChI=1S/C24H19Cl3N2O/c1-2-14-10-17(26)13-29-22(14)12-19(20-11-16(25)6-8-21(20)27)18-7-5-15-4-3-9-28-23(15)24(18)30/h3-11,13,19,30H,2,12H2,1H3. The van der Waals surface area contributed by atoms with Crippen LogP contribution in [0.5, 0.6) is 5.75 Å². The van der Waals surface area contributed by atoms with E-state index in [1.54, 1.807) is 24.5 Å². The minimum Gasteiger partial charge on any atom is -0.505 e. The van der Waals surface area contributed by atoms with Crippen molar-refractivity contribution in [3.05, 3.63) is 98.4 Å². The molecular weight excluding hydrogens is 439 g/mol. The smallest absolute Gasteiger partial charge is 0.145 e. The number of aromatic hydroxyl groups is 1. The second-order valence-corrected chi connectivity index (χ2v) is 8.39. The molecule has 2 heterocycles. The fraction of sp³-hybridized carbons (Fsp3) is 0.167. The van der Waals surface area contributed by atoms with Gasteiger partial charge in [-0.15, -0.1) is 0 Å². The van der Waals surface area contributed by atoms with E-state index in [4.69, 9.17) is 34.8 Å². The van der Waals surface area contributed by atoms with E-state index in [0.29, 0.717) is 27.0 Å². The zero-order valence-corrected chi connectivity index (χ0v) is 18.5. The van der Waals surface area contributed by atoms with Crippen LogP contribution in [0.1, 0.15) is 35.2 Å². The first-order chi connectivity index (χ1) is 14.5. The summed E-state index contributed by atoms with van der Waals surface area (Å²) in [5, 5.41) is 13.7. The van der Waals surface area contributed by atoms with Crippen molar-refractivity contribution in [1.82, 2.24) is 9.97 Å². The Bertz CT molecular complexity index is 1230. The summed E-state index contributed by atoms with van der Waals surface area (Å²) in [7, 11) is 0. The number of hydrogen-bond donors (Lipinski definition) is 1. The average Bonchev–Trinajstić information content (AvgIpc) is 2.75. The molecule has 0 spiro atoms. The molecule has 0 bridgehead atoms. The first-order valence-corrected chi connectivity index (χ1v) is 10.8. The van der Waals surface area contributed by atoms with Crippen molar-refractivity contribution in [2.24, 2.45) is 0 Å². The molecule has 1 atom stereocenters. The van der Waals surface area contributed by atoms with E-state index < -0.39 is 0 Å². The van der Waals surface area contributed by atoms with Crippen LogP contribution in [-0.2, 0) is 12.8 Å². The van der Waals surface area contributed by atoms with Crippen molar-refractivity contribution < 1.29 is 5.11 Å². The third-order valence-corrected chi connectivity index (χ3v) is 6.08. The summed E-state index contributed by atoms with van der Waals surface area (Å²) in [5.74, 6) is -0.122. The predicted molar refractivity (Wildman–Crippen MR) is 124 cm³/mol. The zero-order valence-electron chi connectivity index (χ0n) is 16.2. The molecule has 152 valence electrons. The highest BCUT2D eigenvalue weighted by Gasteiger charge is 2.24. The topological polar surface area (TPSA) is 46.0 Å². The molecular formula is C24H19Cl3N2O. The van der Waals surface area contributed by atoms with E-state index in [2.05, 4.69) is 16.9 Å². The van der Waals surface area contributed by atoms with Crippen LogP contribution in [0.3, 0.4) is 0 Å². The fourth-order valence-corrected chi connectivity index (χ4v) is 4.40. The van der Waals surface area contributed by atoms with E-state index in [1.807, 2.05) is 36.4 Å². The number of rotatable bonds is 5. The summed E-state index contributed by atoms with van der Waals surface area (Å²) in [6.07, 6.45) is 4.65. The van der Waals surface area contributed by atoms with E-state index >= 15 is 0 Å². The number of phenols is 1. The summed E-state index contributed by atoms with van der Waals surface area (Å²) in [6, 6.07) is 15.0. The van der Waals surface area contributed by atoms with E-state index in [9.17, 15) is 5.11 Å². The third kappa shape index (κ3) is 4.11. The van der Waals surface area contributed by atoms with Gasteiger partial charge in [0.25, 0.3) is 0 Å². The lowest BCUT2D eigenvalue weighted by Crippen LogP contribution is -2.10. The van der Waals surface area contributed by atoms with Crippen LogP contribution in [0.25, 0.3) is 10.9 Å². The summed E-state index contributed by atoms with van der Waals surface area (Å²) in [5.41, 5.74) is 4.07. The summed E-state index contributed by atoms with van der Waals surface area (Å²) in [6.45, 7) is 2.07. The lowest BCUT2D eigenvalue weighted by Gasteiger charge is -2.22. The third-order valence-electron chi connectivity index (χ3n) is 5.29. The number of fused-ring (bicyclic) bond motifs is 1. The Kier molecular flexibility index (Phi) is 6.14. The lowest BCUT2D eigenvalue weighted by atomic mass is 9.85. The minimum absolute atomic E-state index is 0.140. The molecule has 0 aliphatic rings. The van der Waals surface area contributed by atoms with Gasteiger partial charge in [-0.3, -0.25) is 9.97 Å². The van der Waals surface area contributed by atoms with Crippen molar-refractivity contribution in [1.29, 1.82) is 0 Å². The molecule has 0 aliphatic heterocycles. The largest absolute Gasteiger partial charge is 0.505 e. The van der Waals surface area contributed by atoms with Gasteiger partial charge >= 0.3 is 0 Å². The number of aromatic nitrogens is 2. The molecule has 0 radical (unpaired) electrons. The normalized spacial score (nSPS) is 12.3. The Hall–Kier alpha value is -2.33. The van der Waals surface area contributed by atoms with Gasteiger partial charge in [0, 0.05) is 51.4 Å². The Morgan fingerprint density at radius 2 is 1.77 bits per heavy atom. The molecule has 2 aromatic carbocycles. The Morgan fingerprint density at radius 1 is 0.933 bits per heavy atom. The number of halogens is 3. The van der Waals surface area contributed by atoms with Gasteiger partial charge in [0.1, 0.15) is 11.3 Å². The molecule has 2 aromatic heterocycles. The maximum absolute atomic E-state index is 11.1. The monoisotopic (exact) mass is 456 g/mol. The maximum Gasteiger partial charge on any atom is 0.145 e. The van der Waals surface area contributed by atoms with Crippen molar-refractivity contribution in [2.45, 2.75) is 25.7 Å². The molecule has 0 aliphatic carbocycles. The van der Waals surface area contributed by atoms with E-state index in [-0.39, 0.29) is 11.7 Å². The molecule has 1 N–H and O–H groups in total. The quantitative estimate of drug-likeness (QED) is 0.344. The number of aryl methyl sites for hydroxylation is 1. The Morgan fingerprint density at radius 3 is 2.57 bits per heavy atom. The van der Waals surface area contributed by atoms with Gasteiger partial charge in [0.15, 0.2) is 0 Å². The highest BCUT2D eigenvalue weighted by atomic mass is 35.5. The van der Waals surface area contributed by atoms with Gasteiger partial charge in [-0.1, -0.05) is 59.9 Å². The minimum atomic E-state index is -0.262. The number of pyridine rings is 2. The number of hydrogen-bond acceptors (Lipinski definition) is 3. The Labute approximate surface area is 190 Å². The molecule has 4 aromatic rings. The van der Waals surface area contributed by atoms with Crippen LogP contribution in [0.15, 0.2) is 60.9 Å². The zero-order chi connectivity index (χ0) is 21.3. The second-order valence-electron chi connectivity index (χ2n) is 7.11. The van der Waals surface area contributed by atoms with Crippen molar-refractivity contribution in [3.8, 4) is 5.75 Å². The van der Waals surface area contributed by atoms with E-state index in [0.717, 1.165) is 34.2 Å². The molecule has 4 rings (SSSR count). The highest BCUT2D eigenvalue weighted by Crippen LogP contribution is 2.41. The first-order valence-electron chi connectivity index (χ1n) is 9.62. The van der Waals surface area contributed by atoms with Crippen LogP contribution in [0, 0.1) is 0 Å². The van der Waals surface area contributed by atoms with Crippen LogP contribution in [0.4, 0.5) is 0 Å². The molecule has 0 amide bonds. The van der Waals surface area contributed by atoms with Crippen LogP contribution in [0.2, 0.25) is 15.1 Å². The van der Waals surface area contributed by atoms with Gasteiger partial charge in [0.05, 0.1) is 5.02 Å². The van der Waals surface area contributed by atoms with Gasteiger partial charge in [-0.2, -0.15) is 0 Å².